The normalized spacial score (nSPS) is 35.3. The third-order valence-corrected chi connectivity index (χ3v) is 3.27. The summed E-state index contributed by atoms with van der Waals surface area (Å²) in [6.07, 6.45) is 3.48. The van der Waals surface area contributed by atoms with Gasteiger partial charge >= 0.3 is 5.97 Å². The van der Waals surface area contributed by atoms with E-state index in [-0.39, 0.29) is 11.8 Å². The van der Waals surface area contributed by atoms with Gasteiger partial charge in [0.25, 0.3) is 0 Å². The van der Waals surface area contributed by atoms with Crippen molar-refractivity contribution in [2.24, 2.45) is 17.1 Å². The number of carboxylic acids is 1. The highest BCUT2D eigenvalue weighted by Crippen LogP contribution is 2.44. The molecule has 0 aliphatic heterocycles. The van der Waals surface area contributed by atoms with Gasteiger partial charge in [-0.1, -0.05) is 19.8 Å². The van der Waals surface area contributed by atoms with Gasteiger partial charge in [0.2, 0.25) is 0 Å². The van der Waals surface area contributed by atoms with Crippen LogP contribution in [-0.2, 0) is 4.79 Å². The van der Waals surface area contributed by atoms with Crippen LogP contribution in [0.3, 0.4) is 0 Å². The van der Waals surface area contributed by atoms with E-state index >= 15 is 0 Å². The standard InChI is InChI=1S/C9H17NO2/c1-7-3-2-4-9(7,6-10)5-8(11)12/h7H,2-6,10H2,1H3,(H,11,12)/t7-,9+/m0/s1. The van der Waals surface area contributed by atoms with Crippen molar-refractivity contribution in [2.75, 3.05) is 6.54 Å². The smallest absolute Gasteiger partial charge is 0.303 e. The zero-order chi connectivity index (χ0) is 9.19. The second-order valence-corrected chi connectivity index (χ2v) is 3.93. The fraction of sp³-hybridized carbons (Fsp3) is 0.889. The van der Waals surface area contributed by atoms with Crippen LogP contribution in [0.4, 0.5) is 0 Å². The first-order chi connectivity index (χ1) is 5.60. The largest absolute Gasteiger partial charge is 0.481 e. The summed E-state index contributed by atoms with van der Waals surface area (Å²) in [7, 11) is 0. The van der Waals surface area contributed by atoms with E-state index in [1.54, 1.807) is 0 Å². The fourth-order valence-electron chi connectivity index (χ4n) is 2.25. The summed E-state index contributed by atoms with van der Waals surface area (Å²) in [4.78, 5) is 10.6. The summed E-state index contributed by atoms with van der Waals surface area (Å²) in [6, 6.07) is 0. The Morgan fingerprint density at radius 1 is 1.75 bits per heavy atom. The van der Waals surface area contributed by atoms with E-state index in [0.29, 0.717) is 12.5 Å². The molecule has 1 fully saturated rings. The van der Waals surface area contributed by atoms with Gasteiger partial charge < -0.3 is 10.8 Å². The van der Waals surface area contributed by atoms with Crippen LogP contribution in [0.2, 0.25) is 0 Å². The monoisotopic (exact) mass is 171 g/mol. The maximum Gasteiger partial charge on any atom is 0.303 e. The Kier molecular flexibility index (Phi) is 2.73. The van der Waals surface area contributed by atoms with Crippen molar-refractivity contribution in [3.63, 3.8) is 0 Å². The minimum Gasteiger partial charge on any atom is -0.481 e. The van der Waals surface area contributed by atoms with E-state index in [1.165, 1.54) is 0 Å². The summed E-state index contributed by atoms with van der Waals surface area (Å²) < 4.78 is 0. The molecule has 1 rings (SSSR count). The van der Waals surface area contributed by atoms with Gasteiger partial charge in [0.05, 0.1) is 6.42 Å². The van der Waals surface area contributed by atoms with Crippen LogP contribution in [0.25, 0.3) is 0 Å². The molecule has 3 heteroatoms. The molecular weight excluding hydrogens is 154 g/mol. The number of carboxylic acid groups (broad SMARTS) is 1. The predicted molar refractivity (Wildman–Crippen MR) is 46.8 cm³/mol. The number of rotatable bonds is 3. The van der Waals surface area contributed by atoms with Crippen LogP contribution in [0.15, 0.2) is 0 Å². The number of aliphatic carboxylic acids is 1. The second-order valence-electron chi connectivity index (χ2n) is 3.93. The molecule has 0 saturated heterocycles. The summed E-state index contributed by atoms with van der Waals surface area (Å²) in [5.74, 6) is -0.243. The maximum atomic E-state index is 10.6. The summed E-state index contributed by atoms with van der Waals surface area (Å²) in [6.45, 7) is 2.63. The van der Waals surface area contributed by atoms with E-state index in [0.717, 1.165) is 19.3 Å². The molecule has 1 aliphatic carbocycles. The Labute approximate surface area is 72.9 Å². The molecule has 1 aliphatic rings. The Morgan fingerprint density at radius 3 is 2.75 bits per heavy atom. The summed E-state index contributed by atoms with van der Waals surface area (Å²) in [5.41, 5.74) is 5.54. The number of carbonyl (C=O) groups is 1. The van der Waals surface area contributed by atoms with Crippen molar-refractivity contribution in [2.45, 2.75) is 32.6 Å². The summed E-state index contributed by atoms with van der Waals surface area (Å²) >= 11 is 0. The zero-order valence-corrected chi connectivity index (χ0v) is 7.55. The van der Waals surface area contributed by atoms with Gasteiger partial charge in [0.15, 0.2) is 0 Å². The van der Waals surface area contributed by atoms with Crippen LogP contribution >= 0.6 is 0 Å². The Hall–Kier alpha value is -0.570. The lowest BCUT2D eigenvalue weighted by Crippen LogP contribution is -2.35. The van der Waals surface area contributed by atoms with E-state index in [2.05, 4.69) is 6.92 Å². The Balaban J connectivity index is 2.67. The van der Waals surface area contributed by atoms with Gasteiger partial charge in [-0.15, -0.1) is 0 Å². The number of hydrogen-bond donors (Lipinski definition) is 2. The van der Waals surface area contributed by atoms with Crippen molar-refractivity contribution >= 4 is 5.97 Å². The molecule has 0 aromatic rings. The molecule has 0 aromatic carbocycles. The van der Waals surface area contributed by atoms with Crippen molar-refractivity contribution in [1.82, 2.24) is 0 Å². The molecule has 1 saturated carbocycles. The van der Waals surface area contributed by atoms with Gasteiger partial charge in [-0.05, 0) is 24.3 Å². The van der Waals surface area contributed by atoms with Crippen molar-refractivity contribution in [1.29, 1.82) is 0 Å². The molecule has 0 spiro atoms. The van der Waals surface area contributed by atoms with Crippen LogP contribution in [0.1, 0.15) is 32.6 Å². The first-order valence-corrected chi connectivity index (χ1v) is 4.52. The number of hydrogen-bond acceptors (Lipinski definition) is 2. The van der Waals surface area contributed by atoms with Crippen LogP contribution in [-0.4, -0.2) is 17.6 Å². The second kappa shape index (κ2) is 3.44. The summed E-state index contributed by atoms with van der Waals surface area (Å²) in [5, 5.41) is 8.73. The lowest BCUT2D eigenvalue weighted by atomic mass is 9.76. The Bertz CT molecular complexity index is 181. The third-order valence-electron chi connectivity index (χ3n) is 3.27. The van der Waals surface area contributed by atoms with Crippen LogP contribution in [0, 0.1) is 11.3 Å². The molecule has 0 bridgehead atoms. The molecule has 0 heterocycles. The SMILES string of the molecule is C[C@H]1CCC[C@]1(CN)CC(=O)O. The lowest BCUT2D eigenvalue weighted by Gasteiger charge is -2.30. The first kappa shape index (κ1) is 9.52. The van der Waals surface area contributed by atoms with E-state index < -0.39 is 5.97 Å². The topological polar surface area (TPSA) is 63.3 Å². The number of nitrogens with two attached hydrogens (primary N) is 1. The molecule has 0 aromatic heterocycles. The lowest BCUT2D eigenvalue weighted by molar-refractivity contribution is -0.140. The van der Waals surface area contributed by atoms with Crippen LogP contribution in [0.5, 0.6) is 0 Å². The predicted octanol–water partition coefficient (Wildman–Crippen LogP) is 1.23. The van der Waals surface area contributed by atoms with Gasteiger partial charge in [-0.2, -0.15) is 0 Å². The van der Waals surface area contributed by atoms with E-state index in [1.807, 2.05) is 0 Å². The molecule has 3 N–H and O–H groups in total. The van der Waals surface area contributed by atoms with Crippen molar-refractivity contribution in [3.05, 3.63) is 0 Å². The highest BCUT2D eigenvalue weighted by atomic mass is 16.4. The van der Waals surface area contributed by atoms with Crippen LogP contribution < -0.4 is 5.73 Å². The molecule has 3 nitrogen and oxygen atoms in total. The molecule has 12 heavy (non-hydrogen) atoms. The molecule has 0 amide bonds. The minimum absolute atomic E-state index is 0.105. The van der Waals surface area contributed by atoms with Gasteiger partial charge in [0.1, 0.15) is 0 Å². The highest BCUT2D eigenvalue weighted by Gasteiger charge is 2.40. The minimum atomic E-state index is -0.714. The van der Waals surface area contributed by atoms with Gasteiger partial charge in [0, 0.05) is 0 Å². The third kappa shape index (κ3) is 1.61. The quantitative estimate of drug-likeness (QED) is 0.671. The van der Waals surface area contributed by atoms with Gasteiger partial charge in [-0.25, -0.2) is 0 Å². The molecular formula is C9H17NO2. The maximum absolute atomic E-state index is 10.6. The average Bonchev–Trinajstić information content (AvgIpc) is 2.32. The van der Waals surface area contributed by atoms with Crippen molar-refractivity contribution in [3.8, 4) is 0 Å². The first-order valence-electron chi connectivity index (χ1n) is 4.52. The van der Waals surface area contributed by atoms with E-state index in [4.69, 9.17) is 10.8 Å². The van der Waals surface area contributed by atoms with Gasteiger partial charge in [-0.3, -0.25) is 4.79 Å². The zero-order valence-electron chi connectivity index (χ0n) is 7.55. The molecule has 70 valence electrons. The van der Waals surface area contributed by atoms with E-state index in [9.17, 15) is 4.79 Å². The van der Waals surface area contributed by atoms with Crippen molar-refractivity contribution < 1.29 is 9.90 Å². The Morgan fingerprint density at radius 2 is 2.42 bits per heavy atom. The average molecular weight is 171 g/mol. The molecule has 2 atom stereocenters. The fourth-order valence-corrected chi connectivity index (χ4v) is 2.25. The highest BCUT2D eigenvalue weighted by molar-refractivity contribution is 5.67. The molecule has 0 radical (unpaired) electrons. The molecule has 0 unspecified atom stereocenters.